The van der Waals surface area contributed by atoms with E-state index >= 15 is 0 Å². The van der Waals surface area contributed by atoms with Gasteiger partial charge < -0.3 is 19.5 Å². The number of amides is 2. The number of hydrogen-bond donors (Lipinski definition) is 1. The van der Waals surface area contributed by atoms with Crippen LogP contribution in [0.2, 0.25) is 5.02 Å². The fourth-order valence-corrected chi connectivity index (χ4v) is 4.38. The number of nitrogens with zero attached hydrogens (tertiary/aromatic N) is 3. The maximum absolute atomic E-state index is 12.3. The van der Waals surface area contributed by atoms with Crippen LogP contribution in [-0.2, 0) is 9.59 Å². The third-order valence-corrected chi connectivity index (χ3v) is 6.32. The molecule has 32 heavy (non-hydrogen) atoms. The van der Waals surface area contributed by atoms with Gasteiger partial charge in [-0.05, 0) is 42.5 Å². The van der Waals surface area contributed by atoms with E-state index in [-0.39, 0.29) is 23.5 Å². The monoisotopic (exact) mass is 472 g/mol. The Morgan fingerprint density at radius 1 is 1.12 bits per heavy atom. The number of thioether (sulfide) groups is 1. The Labute approximate surface area is 196 Å². The van der Waals surface area contributed by atoms with Gasteiger partial charge in [0.15, 0.2) is 5.58 Å². The van der Waals surface area contributed by atoms with E-state index < -0.39 is 0 Å². The van der Waals surface area contributed by atoms with E-state index in [2.05, 4.69) is 15.2 Å². The first-order chi connectivity index (χ1) is 15.4. The summed E-state index contributed by atoms with van der Waals surface area (Å²) in [4.78, 5) is 33.0. The number of hydrogen-bond acceptors (Lipinski definition) is 6. The Balaban J connectivity index is 1.27. The number of nitrogens with one attached hydrogen (secondary N) is 1. The molecular weight excluding hydrogens is 448 g/mol. The number of halogens is 1. The SMILES string of the molecule is CC(C)C(=O)N1CCN(c2ccc(NC(=O)CSc3nc4cc(Cl)ccc4o3)cc2)CC1. The van der Waals surface area contributed by atoms with Gasteiger partial charge in [0, 0.05) is 48.5 Å². The van der Waals surface area contributed by atoms with Crippen LogP contribution < -0.4 is 10.2 Å². The smallest absolute Gasteiger partial charge is 0.257 e. The van der Waals surface area contributed by atoms with E-state index in [9.17, 15) is 9.59 Å². The third-order valence-electron chi connectivity index (χ3n) is 5.26. The molecule has 0 aliphatic carbocycles. The zero-order chi connectivity index (χ0) is 22.7. The van der Waals surface area contributed by atoms with Crippen LogP contribution in [0, 0.1) is 5.92 Å². The number of rotatable bonds is 6. The van der Waals surface area contributed by atoms with Gasteiger partial charge >= 0.3 is 0 Å². The summed E-state index contributed by atoms with van der Waals surface area (Å²) in [6, 6.07) is 13.0. The zero-order valence-electron chi connectivity index (χ0n) is 18.0. The molecule has 0 spiro atoms. The maximum Gasteiger partial charge on any atom is 0.257 e. The van der Waals surface area contributed by atoms with Gasteiger partial charge in [0.1, 0.15) is 5.52 Å². The number of piperazine rings is 1. The summed E-state index contributed by atoms with van der Waals surface area (Å²) in [6.45, 7) is 6.93. The number of fused-ring (bicyclic) bond motifs is 1. The molecule has 2 aromatic carbocycles. The first kappa shape index (κ1) is 22.5. The van der Waals surface area contributed by atoms with E-state index in [1.165, 1.54) is 11.8 Å². The van der Waals surface area contributed by atoms with Gasteiger partial charge in [0.2, 0.25) is 11.8 Å². The molecule has 0 radical (unpaired) electrons. The lowest BCUT2D eigenvalue weighted by Gasteiger charge is -2.37. The van der Waals surface area contributed by atoms with Crippen molar-refractivity contribution in [2.24, 2.45) is 5.92 Å². The summed E-state index contributed by atoms with van der Waals surface area (Å²) in [5.41, 5.74) is 3.13. The summed E-state index contributed by atoms with van der Waals surface area (Å²) >= 11 is 7.20. The normalized spacial score (nSPS) is 14.2. The van der Waals surface area contributed by atoms with Crippen molar-refractivity contribution in [1.82, 2.24) is 9.88 Å². The Morgan fingerprint density at radius 2 is 1.84 bits per heavy atom. The topological polar surface area (TPSA) is 78.7 Å². The van der Waals surface area contributed by atoms with Crippen molar-refractivity contribution >= 4 is 57.7 Å². The average Bonchev–Trinajstić information content (AvgIpc) is 3.20. The summed E-state index contributed by atoms with van der Waals surface area (Å²) < 4.78 is 5.63. The van der Waals surface area contributed by atoms with Crippen molar-refractivity contribution in [2.45, 2.75) is 19.1 Å². The minimum absolute atomic E-state index is 0.0312. The number of carbonyl (C=O) groups excluding carboxylic acids is 2. The molecule has 3 aromatic rings. The predicted octanol–water partition coefficient (Wildman–Crippen LogP) is 4.52. The van der Waals surface area contributed by atoms with Gasteiger partial charge in [-0.15, -0.1) is 0 Å². The van der Waals surface area contributed by atoms with Crippen LogP contribution in [0.1, 0.15) is 13.8 Å². The molecule has 1 aliphatic rings. The first-order valence-electron chi connectivity index (χ1n) is 10.5. The first-order valence-corrected chi connectivity index (χ1v) is 11.9. The van der Waals surface area contributed by atoms with Crippen molar-refractivity contribution in [3.63, 3.8) is 0 Å². The van der Waals surface area contributed by atoms with E-state index in [0.717, 1.165) is 37.6 Å². The summed E-state index contributed by atoms with van der Waals surface area (Å²) in [5.74, 6) is 0.295. The largest absolute Gasteiger partial charge is 0.431 e. The Morgan fingerprint density at radius 3 is 2.53 bits per heavy atom. The molecule has 168 valence electrons. The van der Waals surface area contributed by atoms with Crippen LogP contribution in [0.5, 0.6) is 0 Å². The highest BCUT2D eigenvalue weighted by atomic mass is 35.5. The lowest BCUT2D eigenvalue weighted by molar-refractivity contribution is -0.134. The van der Waals surface area contributed by atoms with Crippen LogP contribution in [0.3, 0.4) is 0 Å². The van der Waals surface area contributed by atoms with Gasteiger partial charge in [0.05, 0.1) is 5.75 Å². The van der Waals surface area contributed by atoms with Crippen molar-refractivity contribution in [3.8, 4) is 0 Å². The third kappa shape index (κ3) is 5.37. The Bertz CT molecular complexity index is 1110. The van der Waals surface area contributed by atoms with E-state index in [0.29, 0.717) is 21.3 Å². The molecule has 1 fully saturated rings. The molecule has 4 rings (SSSR count). The molecule has 2 heterocycles. The van der Waals surface area contributed by atoms with E-state index in [1.807, 2.05) is 43.0 Å². The number of aromatic nitrogens is 1. The molecule has 1 aromatic heterocycles. The van der Waals surface area contributed by atoms with Crippen LogP contribution in [0.25, 0.3) is 11.1 Å². The second kappa shape index (κ2) is 9.83. The molecule has 0 bridgehead atoms. The van der Waals surface area contributed by atoms with Gasteiger partial charge in [-0.1, -0.05) is 37.2 Å². The number of benzene rings is 2. The minimum atomic E-state index is -0.135. The summed E-state index contributed by atoms with van der Waals surface area (Å²) in [5, 5.41) is 3.92. The minimum Gasteiger partial charge on any atom is -0.431 e. The van der Waals surface area contributed by atoms with Crippen molar-refractivity contribution in [2.75, 3.05) is 42.1 Å². The van der Waals surface area contributed by atoms with Crippen molar-refractivity contribution in [3.05, 3.63) is 47.5 Å². The number of anilines is 2. The van der Waals surface area contributed by atoms with Gasteiger partial charge in [0.25, 0.3) is 5.22 Å². The van der Waals surface area contributed by atoms with Crippen LogP contribution in [0.15, 0.2) is 52.1 Å². The molecule has 0 saturated carbocycles. The van der Waals surface area contributed by atoms with E-state index in [4.69, 9.17) is 16.0 Å². The second-order valence-electron chi connectivity index (χ2n) is 7.94. The lowest BCUT2D eigenvalue weighted by atomic mass is 10.1. The molecule has 0 unspecified atom stereocenters. The van der Waals surface area contributed by atoms with Crippen molar-refractivity contribution < 1.29 is 14.0 Å². The molecule has 2 amide bonds. The Hall–Kier alpha value is -2.71. The van der Waals surface area contributed by atoms with Crippen LogP contribution in [-0.4, -0.2) is 53.6 Å². The van der Waals surface area contributed by atoms with Crippen LogP contribution in [0.4, 0.5) is 11.4 Å². The molecule has 7 nitrogen and oxygen atoms in total. The van der Waals surface area contributed by atoms with Crippen molar-refractivity contribution in [1.29, 1.82) is 0 Å². The number of oxazole rings is 1. The molecule has 1 saturated heterocycles. The lowest BCUT2D eigenvalue weighted by Crippen LogP contribution is -2.49. The second-order valence-corrected chi connectivity index (χ2v) is 9.31. The fourth-order valence-electron chi connectivity index (χ4n) is 3.57. The predicted molar refractivity (Wildman–Crippen MR) is 128 cm³/mol. The van der Waals surface area contributed by atoms with Crippen LogP contribution >= 0.6 is 23.4 Å². The molecule has 1 N–H and O–H groups in total. The van der Waals surface area contributed by atoms with Gasteiger partial charge in [-0.25, -0.2) is 4.98 Å². The van der Waals surface area contributed by atoms with Gasteiger partial charge in [-0.3, -0.25) is 9.59 Å². The molecule has 1 aliphatic heterocycles. The Kier molecular flexibility index (Phi) is 6.91. The highest BCUT2D eigenvalue weighted by Gasteiger charge is 2.23. The quantitative estimate of drug-likeness (QED) is 0.531. The number of carbonyl (C=O) groups is 2. The van der Waals surface area contributed by atoms with Gasteiger partial charge in [-0.2, -0.15) is 0 Å². The highest BCUT2D eigenvalue weighted by molar-refractivity contribution is 7.99. The summed E-state index contributed by atoms with van der Waals surface area (Å²) in [6.07, 6.45) is 0. The highest BCUT2D eigenvalue weighted by Crippen LogP contribution is 2.26. The fraction of sp³-hybridized carbons (Fsp3) is 0.348. The summed E-state index contributed by atoms with van der Waals surface area (Å²) in [7, 11) is 0. The van der Waals surface area contributed by atoms with E-state index in [1.54, 1.807) is 18.2 Å². The molecule has 0 atom stereocenters. The molecule has 9 heteroatoms. The average molecular weight is 473 g/mol. The molecular formula is C23H25ClN4O3S. The zero-order valence-corrected chi connectivity index (χ0v) is 19.6. The standard InChI is InChI=1S/C23H25ClN4O3S/c1-15(2)22(30)28-11-9-27(10-12-28)18-6-4-17(5-7-18)25-21(29)14-32-23-26-19-13-16(24)3-8-20(19)31-23/h3-8,13,15H,9-12,14H2,1-2H3,(H,25,29). The maximum atomic E-state index is 12.3.